The average molecular weight is 209 g/mol. The van der Waals surface area contributed by atoms with Gasteiger partial charge in [0.25, 0.3) is 0 Å². The van der Waals surface area contributed by atoms with Crippen molar-refractivity contribution in [3.05, 3.63) is 0 Å². The van der Waals surface area contributed by atoms with Crippen molar-refractivity contribution in [2.75, 3.05) is 13.1 Å². The largest absolute Gasteiger partial charge is 0.369 e. The minimum absolute atomic E-state index is 0.00889. The smallest absolute Gasteiger partial charge is 0.222 e. The van der Waals surface area contributed by atoms with Gasteiger partial charge in [0.2, 0.25) is 11.8 Å². The maximum Gasteiger partial charge on any atom is 0.222 e. The standard InChI is InChI=1S/C10H15N3O2/c1-7(10(12)15)2-3-9(14)13-5-8(4-11)6-13/h7-8H,2-3,5-6H2,1H3,(H2,12,15)/t7-/m1/s1. The van der Waals surface area contributed by atoms with E-state index in [4.69, 9.17) is 11.0 Å². The lowest BCUT2D eigenvalue weighted by Gasteiger charge is -2.35. The number of likely N-dealkylation sites (tertiary alicyclic amines) is 1. The lowest BCUT2D eigenvalue weighted by molar-refractivity contribution is -0.136. The van der Waals surface area contributed by atoms with Crippen molar-refractivity contribution in [1.29, 1.82) is 5.26 Å². The lowest BCUT2D eigenvalue weighted by Crippen LogP contribution is -2.49. The number of carbonyl (C=O) groups is 2. The first-order valence-electron chi connectivity index (χ1n) is 5.01. The second-order valence-electron chi connectivity index (χ2n) is 3.97. The molecule has 1 saturated heterocycles. The Bertz CT molecular complexity index is 302. The van der Waals surface area contributed by atoms with E-state index in [2.05, 4.69) is 6.07 Å². The van der Waals surface area contributed by atoms with Crippen molar-refractivity contribution in [3.63, 3.8) is 0 Å². The summed E-state index contributed by atoms with van der Waals surface area (Å²) in [6.07, 6.45) is 0.824. The van der Waals surface area contributed by atoms with Crippen molar-refractivity contribution < 1.29 is 9.59 Å². The van der Waals surface area contributed by atoms with E-state index in [1.54, 1.807) is 11.8 Å². The first kappa shape index (κ1) is 11.5. The van der Waals surface area contributed by atoms with Gasteiger partial charge in [-0.1, -0.05) is 6.92 Å². The van der Waals surface area contributed by atoms with Gasteiger partial charge in [-0.25, -0.2) is 0 Å². The highest BCUT2D eigenvalue weighted by molar-refractivity contribution is 5.79. The molecule has 0 spiro atoms. The van der Waals surface area contributed by atoms with Crippen LogP contribution in [-0.4, -0.2) is 29.8 Å². The summed E-state index contributed by atoms with van der Waals surface area (Å²) in [6, 6.07) is 2.10. The van der Waals surface area contributed by atoms with E-state index in [1.807, 2.05) is 0 Å². The SMILES string of the molecule is C[C@H](CCC(=O)N1CC(C#N)C1)C(N)=O. The third-order valence-electron chi connectivity index (χ3n) is 2.69. The quantitative estimate of drug-likeness (QED) is 0.699. The molecule has 2 N–H and O–H groups in total. The van der Waals surface area contributed by atoms with Crippen molar-refractivity contribution >= 4 is 11.8 Å². The van der Waals surface area contributed by atoms with Crippen LogP contribution in [0, 0.1) is 23.2 Å². The maximum absolute atomic E-state index is 11.5. The van der Waals surface area contributed by atoms with Crippen LogP contribution < -0.4 is 5.73 Å². The van der Waals surface area contributed by atoms with Crippen LogP contribution in [0.1, 0.15) is 19.8 Å². The second-order valence-corrected chi connectivity index (χ2v) is 3.97. The molecule has 1 fully saturated rings. The summed E-state index contributed by atoms with van der Waals surface area (Å²) in [5.74, 6) is -0.639. The third-order valence-corrected chi connectivity index (χ3v) is 2.69. The molecule has 5 nitrogen and oxygen atoms in total. The fraction of sp³-hybridized carbons (Fsp3) is 0.700. The number of carbonyl (C=O) groups excluding carboxylic acids is 2. The van der Waals surface area contributed by atoms with E-state index < -0.39 is 0 Å². The van der Waals surface area contributed by atoms with Gasteiger partial charge < -0.3 is 10.6 Å². The molecule has 1 atom stereocenters. The molecule has 0 radical (unpaired) electrons. The number of hydrogen-bond acceptors (Lipinski definition) is 3. The molecule has 1 heterocycles. The zero-order valence-corrected chi connectivity index (χ0v) is 8.77. The van der Waals surface area contributed by atoms with E-state index in [0.717, 1.165) is 0 Å². The van der Waals surface area contributed by atoms with E-state index in [0.29, 0.717) is 25.9 Å². The molecule has 2 amide bonds. The predicted molar refractivity (Wildman–Crippen MR) is 53.3 cm³/mol. The monoisotopic (exact) mass is 209 g/mol. The van der Waals surface area contributed by atoms with Crippen molar-refractivity contribution in [2.24, 2.45) is 17.6 Å². The van der Waals surface area contributed by atoms with Crippen LogP contribution >= 0.6 is 0 Å². The van der Waals surface area contributed by atoms with Crippen molar-refractivity contribution in [2.45, 2.75) is 19.8 Å². The molecule has 5 heteroatoms. The summed E-state index contributed by atoms with van der Waals surface area (Å²) < 4.78 is 0. The van der Waals surface area contributed by atoms with Gasteiger partial charge in [0.1, 0.15) is 0 Å². The topological polar surface area (TPSA) is 87.2 Å². The van der Waals surface area contributed by atoms with Gasteiger partial charge in [-0.3, -0.25) is 9.59 Å². The Morgan fingerprint density at radius 1 is 1.60 bits per heavy atom. The molecular formula is C10H15N3O2. The highest BCUT2D eigenvalue weighted by Gasteiger charge is 2.30. The first-order chi connectivity index (χ1) is 7.04. The minimum atomic E-state index is -0.374. The molecule has 0 unspecified atom stereocenters. The first-order valence-corrected chi connectivity index (χ1v) is 5.01. The van der Waals surface area contributed by atoms with Crippen LogP contribution in [0.3, 0.4) is 0 Å². The van der Waals surface area contributed by atoms with E-state index >= 15 is 0 Å². The third kappa shape index (κ3) is 2.94. The normalized spacial score (nSPS) is 17.7. The molecule has 0 aromatic rings. The molecule has 82 valence electrons. The summed E-state index contributed by atoms with van der Waals surface area (Å²) >= 11 is 0. The molecule has 0 aromatic heterocycles. The highest BCUT2D eigenvalue weighted by atomic mass is 16.2. The van der Waals surface area contributed by atoms with Crippen molar-refractivity contribution in [3.8, 4) is 6.07 Å². The van der Waals surface area contributed by atoms with E-state index in [1.165, 1.54) is 0 Å². The van der Waals surface area contributed by atoms with Crippen LogP contribution in [0.15, 0.2) is 0 Å². The van der Waals surface area contributed by atoms with Gasteiger partial charge in [-0.2, -0.15) is 5.26 Å². The van der Waals surface area contributed by atoms with Crippen molar-refractivity contribution in [1.82, 2.24) is 4.90 Å². The summed E-state index contributed by atoms with van der Waals surface area (Å²) in [6.45, 7) is 2.77. The number of hydrogen-bond donors (Lipinski definition) is 1. The van der Waals surface area contributed by atoms with Crippen LogP contribution in [0.2, 0.25) is 0 Å². The Hall–Kier alpha value is -1.57. The number of rotatable bonds is 4. The molecule has 1 rings (SSSR count). The number of nitrogens with two attached hydrogens (primary N) is 1. The minimum Gasteiger partial charge on any atom is -0.369 e. The van der Waals surface area contributed by atoms with Crippen LogP contribution in [0.4, 0.5) is 0 Å². The summed E-state index contributed by atoms with van der Waals surface area (Å²) in [5, 5.41) is 8.53. The zero-order valence-electron chi connectivity index (χ0n) is 8.77. The van der Waals surface area contributed by atoms with Gasteiger partial charge in [-0.15, -0.1) is 0 Å². The van der Waals surface area contributed by atoms with Crippen LogP contribution in [0.5, 0.6) is 0 Å². The summed E-state index contributed by atoms with van der Waals surface area (Å²) in [5.41, 5.74) is 5.08. The van der Waals surface area contributed by atoms with Gasteiger partial charge in [0.05, 0.1) is 12.0 Å². The molecular weight excluding hydrogens is 194 g/mol. The maximum atomic E-state index is 11.5. The molecule has 0 aromatic carbocycles. The van der Waals surface area contributed by atoms with Gasteiger partial charge >= 0.3 is 0 Å². The molecule has 1 aliphatic heterocycles. The highest BCUT2D eigenvalue weighted by Crippen LogP contribution is 2.17. The summed E-state index contributed by atoms with van der Waals surface area (Å²) in [4.78, 5) is 23.8. The molecule has 15 heavy (non-hydrogen) atoms. The fourth-order valence-corrected chi connectivity index (χ4v) is 1.40. The zero-order chi connectivity index (χ0) is 11.4. The fourth-order valence-electron chi connectivity index (χ4n) is 1.40. The lowest BCUT2D eigenvalue weighted by atomic mass is 9.99. The van der Waals surface area contributed by atoms with Crippen LogP contribution in [0.25, 0.3) is 0 Å². The molecule has 1 aliphatic rings. The Morgan fingerprint density at radius 3 is 2.67 bits per heavy atom. The van der Waals surface area contributed by atoms with Crippen LogP contribution in [-0.2, 0) is 9.59 Å². The van der Waals surface area contributed by atoms with Gasteiger partial charge in [0.15, 0.2) is 0 Å². The molecule has 0 aliphatic carbocycles. The number of nitrogens with zero attached hydrogens (tertiary/aromatic N) is 2. The molecule has 0 bridgehead atoms. The Labute approximate surface area is 88.8 Å². The van der Waals surface area contributed by atoms with Gasteiger partial charge in [0, 0.05) is 25.4 Å². The summed E-state index contributed by atoms with van der Waals surface area (Å²) in [7, 11) is 0. The van der Waals surface area contributed by atoms with E-state index in [-0.39, 0.29) is 23.7 Å². The second kappa shape index (κ2) is 4.78. The Kier molecular flexibility index (Phi) is 3.67. The molecule has 0 saturated carbocycles. The Morgan fingerprint density at radius 2 is 2.20 bits per heavy atom. The van der Waals surface area contributed by atoms with Gasteiger partial charge in [-0.05, 0) is 6.42 Å². The predicted octanol–water partition coefficient (Wildman–Crippen LogP) is -0.130. The number of amides is 2. The number of nitriles is 1. The van der Waals surface area contributed by atoms with E-state index in [9.17, 15) is 9.59 Å². The number of primary amides is 1. The average Bonchev–Trinajstić information content (AvgIpc) is 2.12. The Balaban J connectivity index is 2.21.